The number of hydrogen-bond acceptors (Lipinski definition) is 2. The van der Waals surface area contributed by atoms with Crippen LogP contribution in [0.4, 0.5) is 11.4 Å². The summed E-state index contributed by atoms with van der Waals surface area (Å²) in [5.41, 5.74) is 11.9. The smallest absolute Gasteiger partial charge is 0.138 e. The van der Waals surface area contributed by atoms with E-state index in [-0.39, 0.29) is 0 Å². The van der Waals surface area contributed by atoms with E-state index < -0.39 is 0 Å². The first-order chi connectivity index (χ1) is 14.7. The van der Waals surface area contributed by atoms with Gasteiger partial charge in [0.25, 0.3) is 0 Å². The maximum atomic E-state index is 5.22. The second kappa shape index (κ2) is 9.49. The van der Waals surface area contributed by atoms with Crippen LogP contribution < -0.4 is 5.32 Å². The van der Waals surface area contributed by atoms with Gasteiger partial charge in [0.15, 0.2) is 0 Å². The van der Waals surface area contributed by atoms with Crippen molar-refractivity contribution in [2.45, 2.75) is 48.1 Å². The largest absolute Gasteiger partial charge is 0.339 e. The minimum Gasteiger partial charge on any atom is -0.339 e. The first-order valence-corrected chi connectivity index (χ1v) is 10.9. The first kappa shape index (κ1) is 22.8. The molecular formula is C28H35N3. The highest BCUT2D eigenvalue weighted by atomic mass is 15.1. The predicted octanol–water partition coefficient (Wildman–Crippen LogP) is 6.79. The average Bonchev–Trinajstić information content (AvgIpc) is 2.65. The molecular weight excluding hydrogens is 378 g/mol. The van der Waals surface area contributed by atoms with E-state index in [1.54, 1.807) is 0 Å². The summed E-state index contributed by atoms with van der Waals surface area (Å²) in [4.78, 5) is 7.42. The third-order valence-corrected chi connectivity index (χ3v) is 5.54. The molecule has 0 aliphatic carbocycles. The molecule has 0 aliphatic rings. The van der Waals surface area contributed by atoms with Gasteiger partial charge < -0.3 is 10.2 Å². The Kier molecular flexibility index (Phi) is 6.97. The Morgan fingerprint density at radius 3 is 1.84 bits per heavy atom. The van der Waals surface area contributed by atoms with Crippen molar-refractivity contribution in [3.63, 3.8) is 0 Å². The standard InChI is InChI=1S/C28H35N3/c1-18-13-20(3)26(21(4)14-18)29-28(25-12-10-9-11-24(25)17-31(7)8)30-27-22(5)15-19(2)16-23(27)6/h9-16H,17H2,1-8H3,(H,29,30). The molecule has 3 heteroatoms. The number of aryl methyl sites for hydroxylation is 6. The minimum atomic E-state index is 0.856. The summed E-state index contributed by atoms with van der Waals surface area (Å²) in [5, 5.41) is 3.72. The summed E-state index contributed by atoms with van der Waals surface area (Å²) in [5.74, 6) is 0.891. The van der Waals surface area contributed by atoms with E-state index in [4.69, 9.17) is 4.99 Å². The van der Waals surface area contributed by atoms with Gasteiger partial charge in [-0.3, -0.25) is 0 Å². The Balaban J connectivity index is 2.22. The van der Waals surface area contributed by atoms with Crippen molar-refractivity contribution in [3.05, 3.63) is 93.0 Å². The van der Waals surface area contributed by atoms with Crippen molar-refractivity contribution in [1.82, 2.24) is 4.90 Å². The van der Waals surface area contributed by atoms with Crippen LogP contribution in [0.15, 0.2) is 53.5 Å². The maximum absolute atomic E-state index is 5.22. The quantitative estimate of drug-likeness (QED) is 0.368. The molecule has 0 unspecified atom stereocenters. The SMILES string of the molecule is Cc1cc(C)c(N=C(Nc2c(C)cc(C)cc2C)c2ccccc2CN(C)C)c(C)c1. The lowest BCUT2D eigenvalue weighted by molar-refractivity contribution is 0.402. The molecule has 1 N–H and O–H groups in total. The van der Waals surface area contributed by atoms with Crippen molar-refractivity contribution in [2.24, 2.45) is 4.99 Å². The number of nitrogens with zero attached hydrogens (tertiary/aromatic N) is 2. The van der Waals surface area contributed by atoms with Crippen molar-refractivity contribution in [1.29, 1.82) is 0 Å². The number of nitrogens with one attached hydrogen (secondary N) is 1. The predicted molar refractivity (Wildman–Crippen MR) is 135 cm³/mol. The summed E-state index contributed by atoms with van der Waals surface area (Å²) in [6.07, 6.45) is 0. The van der Waals surface area contributed by atoms with Crippen LogP contribution in [0.3, 0.4) is 0 Å². The fourth-order valence-corrected chi connectivity index (χ4v) is 4.34. The van der Waals surface area contributed by atoms with Crippen molar-refractivity contribution >= 4 is 17.2 Å². The number of aliphatic imine (C=N–C) groups is 1. The van der Waals surface area contributed by atoms with Gasteiger partial charge in [0.1, 0.15) is 5.84 Å². The molecule has 162 valence electrons. The third-order valence-electron chi connectivity index (χ3n) is 5.54. The zero-order valence-corrected chi connectivity index (χ0v) is 20.2. The van der Waals surface area contributed by atoms with E-state index in [1.807, 2.05) is 0 Å². The van der Waals surface area contributed by atoms with Gasteiger partial charge in [-0.25, -0.2) is 4.99 Å². The van der Waals surface area contributed by atoms with E-state index in [9.17, 15) is 0 Å². The molecule has 0 heterocycles. The maximum Gasteiger partial charge on any atom is 0.138 e. The van der Waals surface area contributed by atoms with E-state index in [0.717, 1.165) is 29.3 Å². The van der Waals surface area contributed by atoms with Crippen molar-refractivity contribution in [3.8, 4) is 0 Å². The fourth-order valence-electron chi connectivity index (χ4n) is 4.34. The number of amidine groups is 1. The molecule has 0 bridgehead atoms. The van der Waals surface area contributed by atoms with Gasteiger partial charge in [0.2, 0.25) is 0 Å². The van der Waals surface area contributed by atoms with Gasteiger partial charge in [-0.2, -0.15) is 0 Å². The Morgan fingerprint density at radius 1 is 0.774 bits per heavy atom. The van der Waals surface area contributed by atoms with Gasteiger partial charge in [-0.1, -0.05) is 59.7 Å². The zero-order chi connectivity index (χ0) is 22.7. The lowest BCUT2D eigenvalue weighted by atomic mass is 10.0. The van der Waals surface area contributed by atoms with Crippen LogP contribution >= 0.6 is 0 Å². The summed E-state index contributed by atoms with van der Waals surface area (Å²) >= 11 is 0. The number of hydrogen-bond donors (Lipinski definition) is 1. The highest BCUT2D eigenvalue weighted by molar-refractivity contribution is 6.11. The molecule has 0 saturated heterocycles. The number of benzene rings is 3. The molecule has 3 rings (SSSR count). The van der Waals surface area contributed by atoms with E-state index in [1.165, 1.54) is 38.9 Å². The second-order valence-electron chi connectivity index (χ2n) is 9.00. The van der Waals surface area contributed by atoms with E-state index in [0.29, 0.717) is 0 Å². The van der Waals surface area contributed by atoms with Gasteiger partial charge in [-0.05, 0) is 83.5 Å². The minimum absolute atomic E-state index is 0.856. The van der Waals surface area contributed by atoms with Crippen LogP contribution in [0.5, 0.6) is 0 Å². The molecule has 0 fully saturated rings. The third kappa shape index (κ3) is 5.42. The molecule has 0 spiro atoms. The second-order valence-corrected chi connectivity index (χ2v) is 9.00. The van der Waals surface area contributed by atoms with Gasteiger partial charge >= 0.3 is 0 Å². The Morgan fingerprint density at radius 2 is 1.29 bits per heavy atom. The first-order valence-electron chi connectivity index (χ1n) is 10.9. The van der Waals surface area contributed by atoms with Crippen LogP contribution in [0.25, 0.3) is 0 Å². The lowest BCUT2D eigenvalue weighted by Gasteiger charge is -2.20. The summed E-state index contributed by atoms with van der Waals surface area (Å²) in [6, 6.07) is 17.4. The van der Waals surface area contributed by atoms with Crippen LogP contribution in [0.1, 0.15) is 44.5 Å². The fraction of sp³-hybridized carbons (Fsp3) is 0.321. The molecule has 3 aromatic rings. The van der Waals surface area contributed by atoms with Crippen molar-refractivity contribution in [2.75, 3.05) is 19.4 Å². The van der Waals surface area contributed by atoms with Gasteiger partial charge in [0.05, 0.1) is 5.69 Å². The summed E-state index contributed by atoms with van der Waals surface area (Å²) in [6.45, 7) is 13.7. The lowest BCUT2D eigenvalue weighted by Crippen LogP contribution is -2.20. The number of rotatable bonds is 5. The highest BCUT2D eigenvalue weighted by Crippen LogP contribution is 2.29. The molecule has 31 heavy (non-hydrogen) atoms. The zero-order valence-electron chi connectivity index (χ0n) is 20.2. The molecule has 0 amide bonds. The summed E-state index contributed by atoms with van der Waals surface area (Å²) < 4.78 is 0. The molecule has 3 nitrogen and oxygen atoms in total. The highest BCUT2D eigenvalue weighted by Gasteiger charge is 2.15. The molecule has 0 radical (unpaired) electrons. The topological polar surface area (TPSA) is 27.6 Å². The van der Waals surface area contributed by atoms with Crippen LogP contribution in [-0.2, 0) is 6.54 Å². The molecule has 0 saturated carbocycles. The van der Waals surface area contributed by atoms with Crippen LogP contribution in [-0.4, -0.2) is 24.8 Å². The monoisotopic (exact) mass is 413 g/mol. The molecule has 3 aromatic carbocycles. The number of anilines is 1. The van der Waals surface area contributed by atoms with Crippen LogP contribution in [0, 0.1) is 41.5 Å². The Hall–Kier alpha value is -2.91. The van der Waals surface area contributed by atoms with Gasteiger partial charge in [0, 0.05) is 17.8 Å². The molecule has 0 aromatic heterocycles. The van der Waals surface area contributed by atoms with Crippen LogP contribution in [0.2, 0.25) is 0 Å². The Bertz CT molecular complexity index is 1080. The average molecular weight is 414 g/mol. The normalized spacial score (nSPS) is 11.8. The Labute approximate surface area is 187 Å². The molecule has 0 atom stereocenters. The van der Waals surface area contributed by atoms with Gasteiger partial charge in [-0.15, -0.1) is 0 Å². The van der Waals surface area contributed by atoms with E-state index in [2.05, 4.69) is 114 Å². The molecule has 0 aliphatic heterocycles. The van der Waals surface area contributed by atoms with E-state index >= 15 is 0 Å². The summed E-state index contributed by atoms with van der Waals surface area (Å²) in [7, 11) is 4.20. The van der Waals surface area contributed by atoms with Crippen molar-refractivity contribution < 1.29 is 0 Å².